The van der Waals surface area contributed by atoms with Crippen molar-refractivity contribution in [1.29, 1.82) is 0 Å². The Balaban J connectivity index is 1.62. The Hall–Kier alpha value is -2.38. The van der Waals surface area contributed by atoms with Gasteiger partial charge in [0.2, 0.25) is 5.91 Å². The summed E-state index contributed by atoms with van der Waals surface area (Å²) in [4.78, 5) is 19.3. The molecule has 1 aromatic heterocycles. The smallest absolute Gasteiger partial charge is 0.248 e. The highest BCUT2D eigenvalue weighted by molar-refractivity contribution is 7.22. The number of aromatic nitrogens is 1. The van der Waals surface area contributed by atoms with Crippen molar-refractivity contribution in [3.63, 3.8) is 0 Å². The second-order valence-corrected chi connectivity index (χ2v) is 7.33. The minimum atomic E-state index is -0.945. The minimum Gasteiger partial charge on any atom is -0.300 e. The van der Waals surface area contributed by atoms with E-state index in [0.29, 0.717) is 15.3 Å². The lowest BCUT2D eigenvalue weighted by atomic mass is 10.1. The second kappa shape index (κ2) is 7.09. The number of hydrogen-bond acceptors (Lipinski definition) is 4. The van der Waals surface area contributed by atoms with Crippen molar-refractivity contribution in [2.24, 2.45) is 0 Å². The molecule has 134 valence electrons. The van der Waals surface area contributed by atoms with Crippen molar-refractivity contribution >= 4 is 32.6 Å². The van der Waals surface area contributed by atoms with E-state index in [2.05, 4.69) is 15.2 Å². The third-order valence-electron chi connectivity index (χ3n) is 4.53. The van der Waals surface area contributed by atoms with Gasteiger partial charge in [-0.1, -0.05) is 41.7 Å². The van der Waals surface area contributed by atoms with Crippen molar-refractivity contribution in [2.45, 2.75) is 18.9 Å². The van der Waals surface area contributed by atoms with E-state index >= 15 is 0 Å². The molecular weight excluding hydrogens is 356 g/mol. The molecule has 0 bridgehead atoms. The zero-order chi connectivity index (χ0) is 18.1. The van der Waals surface area contributed by atoms with Crippen LogP contribution in [0.2, 0.25) is 0 Å². The molecule has 1 aliphatic heterocycles. The molecule has 0 spiro atoms. The van der Waals surface area contributed by atoms with Gasteiger partial charge in [0.15, 0.2) is 16.8 Å². The van der Waals surface area contributed by atoms with Crippen LogP contribution in [0.3, 0.4) is 0 Å². The number of amides is 1. The summed E-state index contributed by atoms with van der Waals surface area (Å²) in [6, 6.07) is 11.4. The Bertz CT molecular complexity index is 900. The van der Waals surface area contributed by atoms with Gasteiger partial charge >= 0.3 is 0 Å². The number of nitrogens with zero attached hydrogens (tertiary/aromatic N) is 2. The molecule has 1 atom stereocenters. The molecule has 2 aromatic carbocycles. The van der Waals surface area contributed by atoms with E-state index in [1.807, 2.05) is 30.3 Å². The van der Waals surface area contributed by atoms with Gasteiger partial charge in [-0.05, 0) is 37.6 Å². The van der Waals surface area contributed by atoms with Crippen molar-refractivity contribution in [3.05, 3.63) is 59.7 Å². The summed E-state index contributed by atoms with van der Waals surface area (Å²) in [6.45, 7) is 1.73. The Kier molecular flexibility index (Phi) is 4.65. The van der Waals surface area contributed by atoms with Gasteiger partial charge in [0.25, 0.3) is 0 Å². The summed E-state index contributed by atoms with van der Waals surface area (Å²) in [5.41, 5.74) is 1.26. The molecule has 0 radical (unpaired) electrons. The highest BCUT2D eigenvalue weighted by Crippen LogP contribution is 2.30. The predicted octanol–water partition coefficient (Wildman–Crippen LogP) is 4.35. The van der Waals surface area contributed by atoms with Crippen LogP contribution in [0.5, 0.6) is 0 Å². The number of carbonyl (C=O) groups is 1. The van der Waals surface area contributed by atoms with E-state index < -0.39 is 17.7 Å². The summed E-state index contributed by atoms with van der Waals surface area (Å²) >= 11 is 1.14. The molecule has 1 saturated heterocycles. The van der Waals surface area contributed by atoms with Crippen LogP contribution in [0.4, 0.5) is 13.9 Å². The lowest BCUT2D eigenvalue weighted by molar-refractivity contribution is -0.121. The summed E-state index contributed by atoms with van der Waals surface area (Å²) in [7, 11) is 0. The second-order valence-electron chi connectivity index (χ2n) is 6.30. The number of carbonyl (C=O) groups excluding carboxylic acids is 1. The molecule has 1 fully saturated rings. The predicted molar refractivity (Wildman–Crippen MR) is 98.2 cm³/mol. The van der Waals surface area contributed by atoms with Gasteiger partial charge in [0.05, 0.1) is 10.2 Å². The molecule has 1 unspecified atom stereocenters. The number of halogens is 2. The number of hydrogen-bond donors (Lipinski definition) is 1. The van der Waals surface area contributed by atoms with E-state index in [1.54, 1.807) is 0 Å². The van der Waals surface area contributed by atoms with E-state index in [9.17, 15) is 13.6 Å². The fourth-order valence-electron chi connectivity index (χ4n) is 3.31. The number of fused-ring (bicyclic) bond motifs is 1. The first-order chi connectivity index (χ1) is 12.6. The van der Waals surface area contributed by atoms with Gasteiger partial charge in [-0.25, -0.2) is 13.8 Å². The molecule has 0 saturated carbocycles. The fourth-order valence-corrected chi connectivity index (χ4v) is 4.19. The van der Waals surface area contributed by atoms with Gasteiger partial charge in [0.1, 0.15) is 6.04 Å². The van der Waals surface area contributed by atoms with E-state index in [0.717, 1.165) is 55.0 Å². The molecular formula is C19H17F2N3OS. The molecule has 1 amide bonds. The third-order valence-corrected chi connectivity index (χ3v) is 5.46. The van der Waals surface area contributed by atoms with Crippen molar-refractivity contribution in [2.75, 3.05) is 18.4 Å². The standard InChI is InChI=1S/C19H17F2N3OS/c20-13-10-15-16(11-14(13)21)26-19(22-15)23-18(25)17(24-8-4-5-9-24)12-6-2-1-3-7-12/h1-3,6-7,10-11,17H,4-5,8-9H2,(H,22,23,25). The average Bonchev–Trinajstić information content (AvgIpc) is 3.26. The van der Waals surface area contributed by atoms with Gasteiger partial charge in [-0.2, -0.15) is 0 Å². The van der Waals surface area contributed by atoms with Crippen molar-refractivity contribution in [1.82, 2.24) is 9.88 Å². The maximum atomic E-state index is 13.4. The molecule has 0 aliphatic carbocycles. The first kappa shape index (κ1) is 17.1. The molecule has 3 aromatic rings. The van der Waals surface area contributed by atoms with Crippen LogP contribution in [0.1, 0.15) is 24.4 Å². The first-order valence-electron chi connectivity index (χ1n) is 8.47. The minimum absolute atomic E-state index is 0.182. The summed E-state index contributed by atoms with van der Waals surface area (Å²) in [5, 5.41) is 3.17. The molecule has 2 heterocycles. The third kappa shape index (κ3) is 3.32. The van der Waals surface area contributed by atoms with Crippen molar-refractivity contribution in [3.8, 4) is 0 Å². The molecule has 1 N–H and O–H groups in total. The Morgan fingerprint density at radius 3 is 2.54 bits per heavy atom. The molecule has 7 heteroatoms. The summed E-state index contributed by atoms with van der Waals surface area (Å²) in [5.74, 6) is -2.05. The van der Waals surface area contributed by atoms with E-state index in [-0.39, 0.29) is 5.91 Å². The van der Waals surface area contributed by atoms with Gasteiger partial charge in [-0.3, -0.25) is 9.69 Å². The van der Waals surface area contributed by atoms with E-state index in [1.165, 1.54) is 0 Å². The normalized spacial score (nSPS) is 16.1. The van der Waals surface area contributed by atoms with Crippen LogP contribution in [0.15, 0.2) is 42.5 Å². The average molecular weight is 373 g/mol. The van der Waals surface area contributed by atoms with Crippen LogP contribution >= 0.6 is 11.3 Å². The number of nitrogens with one attached hydrogen (secondary N) is 1. The number of benzene rings is 2. The number of thiazole rings is 1. The lowest BCUT2D eigenvalue weighted by Crippen LogP contribution is -2.35. The molecule has 4 rings (SSSR count). The van der Waals surface area contributed by atoms with Crippen LogP contribution in [-0.2, 0) is 4.79 Å². The number of likely N-dealkylation sites (tertiary alicyclic amines) is 1. The maximum absolute atomic E-state index is 13.4. The van der Waals surface area contributed by atoms with Crippen LogP contribution < -0.4 is 5.32 Å². The fraction of sp³-hybridized carbons (Fsp3) is 0.263. The first-order valence-corrected chi connectivity index (χ1v) is 9.29. The Morgan fingerprint density at radius 1 is 1.12 bits per heavy atom. The lowest BCUT2D eigenvalue weighted by Gasteiger charge is -2.26. The molecule has 26 heavy (non-hydrogen) atoms. The van der Waals surface area contributed by atoms with E-state index in [4.69, 9.17) is 0 Å². The Morgan fingerprint density at radius 2 is 1.81 bits per heavy atom. The number of anilines is 1. The summed E-state index contributed by atoms with van der Waals surface area (Å²) < 4.78 is 27.3. The van der Waals surface area contributed by atoms with Crippen LogP contribution in [0, 0.1) is 11.6 Å². The SMILES string of the molecule is O=C(Nc1nc2cc(F)c(F)cc2s1)C(c1ccccc1)N1CCCC1. The highest BCUT2D eigenvalue weighted by atomic mass is 32.1. The van der Waals surface area contributed by atoms with Gasteiger partial charge in [0, 0.05) is 6.07 Å². The van der Waals surface area contributed by atoms with Crippen LogP contribution in [0.25, 0.3) is 10.2 Å². The van der Waals surface area contributed by atoms with Crippen LogP contribution in [-0.4, -0.2) is 28.9 Å². The molecule has 4 nitrogen and oxygen atoms in total. The topological polar surface area (TPSA) is 45.2 Å². The Labute approximate surface area is 153 Å². The monoisotopic (exact) mass is 373 g/mol. The highest BCUT2D eigenvalue weighted by Gasteiger charge is 2.30. The molecule has 1 aliphatic rings. The van der Waals surface area contributed by atoms with Crippen molar-refractivity contribution < 1.29 is 13.6 Å². The summed E-state index contributed by atoms with van der Waals surface area (Å²) in [6.07, 6.45) is 2.13. The number of rotatable bonds is 4. The maximum Gasteiger partial charge on any atom is 0.248 e. The zero-order valence-electron chi connectivity index (χ0n) is 13.9. The quantitative estimate of drug-likeness (QED) is 0.740. The largest absolute Gasteiger partial charge is 0.300 e. The van der Waals surface area contributed by atoms with Gasteiger partial charge < -0.3 is 5.32 Å². The van der Waals surface area contributed by atoms with Gasteiger partial charge in [-0.15, -0.1) is 0 Å². The zero-order valence-corrected chi connectivity index (χ0v) is 14.7.